The normalized spacial score (nSPS) is 12.8. The number of para-hydroxylation sites is 1. The van der Waals surface area contributed by atoms with E-state index in [1.165, 1.54) is 10.9 Å². The van der Waals surface area contributed by atoms with E-state index in [1.807, 2.05) is 12.3 Å². The fraction of sp³-hybridized carbons (Fsp3) is 0.400. The minimum atomic E-state index is 0.616. The van der Waals surface area contributed by atoms with Crippen molar-refractivity contribution in [1.82, 2.24) is 10.3 Å². The van der Waals surface area contributed by atoms with Gasteiger partial charge in [-0.25, -0.2) is 0 Å². The van der Waals surface area contributed by atoms with Gasteiger partial charge in [0, 0.05) is 24.0 Å². The van der Waals surface area contributed by atoms with Crippen molar-refractivity contribution < 1.29 is 0 Å². The van der Waals surface area contributed by atoms with Crippen molar-refractivity contribution >= 4 is 22.5 Å². The average Bonchev–Trinajstić information content (AvgIpc) is 2.39. The maximum atomic E-state index is 5.73. The molecular formula is C15H19ClN2. The van der Waals surface area contributed by atoms with Crippen LogP contribution in [0.5, 0.6) is 0 Å². The summed E-state index contributed by atoms with van der Waals surface area (Å²) in [6, 6.07) is 10.4. The number of nitrogens with one attached hydrogen (secondary N) is 1. The largest absolute Gasteiger partial charge is 0.312 e. The Labute approximate surface area is 113 Å². The van der Waals surface area contributed by atoms with Gasteiger partial charge in [0.05, 0.1) is 5.52 Å². The molecule has 2 aromatic rings. The number of hydrogen-bond donors (Lipinski definition) is 1. The number of pyridine rings is 1. The smallest absolute Gasteiger partial charge is 0.0746 e. The van der Waals surface area contributed by atoms with Crippen LogP contribution in [0.4, 0.5) is 0 Å². The molecule has 0 aliphatic rings. The van der Waals surface area contributed by atoms with Gasteiger partial charge in [0.25, 0.3) is 0 Å². The van der Waals surface area contributed by atoms with Crippen LogP contribution in [0.15, 0.2) is 36.5 Å². The number of alkyl halides is 1. The summed E-state index contributed by atoms with van der Waals surface area (Å²) in [6.45, 7) is 4.08. The van der Waals surface area contributed by atoms with Crippen molar-refractivity contribution in [3.8, 4) is 0 Å². The van der Waals surface area contributed by atoms with Crippen LogP contribution >= 0.6 is 11.6 Å². The van der Waals surface area contributed by atoms with Gasteiger partial charge in [-0.15, -0.1) is 11.6 Å². The number of benzene rings is 1. The van der Waals surface area contributed by atoms with Crippen LogP contribution in [-0.2, 0) is 6.54 Å². The van der Waals surface area contributed by atoms with Crippen molar-refractivity contribution in [3.63, 3.8) is 0 Å². The van der Waals surface area contributed by atoms with Crippen LogP contribution in [0.3, 0.4) is 0 Å². The fourth-order valence-electron chi connectivity index (χ4n) is 2.05. The van der Waals surface area contributed by atoms with E-state index in [1.54, 1.807) is 0 Å². The zero-order valence-corrected chi connectivity index (χ0v) is 11.5. The highest BCUT2D eigenvalue weighted by molar-refractivity contribution is 6.17. The quantitative estimate of drug-likeness (QED) is 0.805. The highest BCUT2D eigenvalue weighted by atomic mass is 35.5. The number of halogens is 1. The molecule has 1 heterocycles. The predicted molar refractivity (Wildman–Crippen MR) is 78.0 cm³/mol. The standard InChI is InChI=1S/C15H19ClN2/c1-12(7-8-16)10-17-11-14-5-2-4-13-6-3-9-18-15(13)14/h2-6,9,12,17H,7-8,10-11H2,1H3. The van der Waals surface area contributed by atoms with Gasteiger partial charge < -0.3 is 5.32 Å². The number of hydrogen-bond acceptors (Lipinski definition) is 2. The molecule has 0 radical (unpaired) electrons. The SMILES string of the molecule is CC(CCCl)CNCc1cccc2cccnc12. The highest BCUT2D eigenvalue weighted by Crippen LogP contribution is 2.15. The molecule has 0 aliphatic heterocycles. The average molecular weight is 263 g/mol. The number of nitrogens with zero attached hydrogens (tertiary/aromatic N) is 1. The van der Waals surface area contributed by atoms with Crippen molar-refractivity contribution in [3.05, 3.63) is 42.1 Å². The summed E-state index contributed by atoms with van der Waals surface area (Å²) in [6.07, 6.45) is 2.91. The van der Waals surface area contributed by atoms with Crippen LogP contribution in [0, 0.1) is 5.92 Å². The molecule has 0 aliphatic carbocycles. The van der Waals surface area contributed by atoms with Crippen molar-refractivity contribution in [2.45, 2.75) is 19.9 Å². The molecular weight excluding hydrogens is 244 g/mol. The fourth-order valence-corrected chi connectivity index (χ4v) is 2.42. The van der Waals surface area contributed by atoms with E-state index in [0.717, 1.165) is 30.9 Å². The molecule has 0 amide bonds. The minimum absolute atomic E-state index is 0.616. The maximum absolute atomic E-state index is 5.73. The summed E-state index contributed by atoms with van der Waals surface area (Å²) >= 11 is 5.73. The molecule has 2 nitrogen and oxygen atoms in total. The Morgan fingerprint density at radius 1 is 1.28 bits per heavy atom. The van der Waals surface area contributed by atoms with Gasteiger partial charge in [-0.3, -0.25) is 4.98 Å². The van der Waals surface area contributed by atoms with E-state index in [-0.39, 0.29) is 0 Å². The van der Waals surface area contributed by atoms with Crippen LogP contribution in [0.25, 0.3) is 10.9 Å². The zero-order chi connectivity index (χ0) is 12.8. The second-order valence-corrected chi connectivity index (χ2v) is 5.08. The van der Waals surface area contributed by atoms with E-state index in [9.17, 15) is 0 Å². The molecule has 2 rings (SSSR count). The van der Waals surface area contributed by atoms with Crippen LogP contribution in [-0.4, -0.2) is 17.4 Å². The summed E-state index contributed by atoms with van der Waals surface area (Å²) in [5.41, 5.74) is 2.35. The number of aromatic nitrogens is 1. The van der Waals surface area contributed by atoms with Gasteiger partial charge in [-0.2, -0.15) is 0 Å². The molecule has 0 saturated carbocycles. The van der Waals surface area contributed by atoms with E-state index in [4.69, 9.17) is 11.6 Å². The Balaban J connectivity index is 1.99. The second-order valence-electron chi connectivity index (χ2n) is 4.71. The van der Waals surface area contributed by atoms with E-state index < -0.39 is 0 Å². The first kappa shape index (κ1) is 13.3. The van der Waals surface area contributed by atoms with Crippen molar-refractivity contribution in [2.75, 3.05) is 12.4 Å². The summed E-state index contributed by atoms with van der Waals surface area (Å²) in [4.78, 5) is 4.45. The van der Waals surface area contributed by atoms with Crippen molar-refractivity contribution in [1.29, 1.82) is 0 Å². The van der Waals surface area contributed by atoms with E-state index in [0.29, 0.717) is 5.92 Å². The third-order valence-electron chi connectivity index (χ3n) is 3.13. The molecule has 1 atom stereocenters. The van der Waals surface area contributed by atoms with Crippen LogP contribution < -0.4 is 5.32 Å². The van der Waals surface area contributed by atoms with Crippen LogP contribution in [0.2, 0.25) is 0 Å². The molecule has 0 spiro atoms. The Morgan fingerprint density at radius 3 is 2.94 bits per heavy atom. The molecule has 0 fully saturated rings. The van der Waals surface area contributed by atoms with Gasteiger partial charge in [0.2, 0.25) is 0 Å². The third-order valence-corrected chi connectivity index (χ3v) is 3.34. The van der Waals surface area contributed by atoms with Crippen LogP contribution in [0.1, 0.15) is 18.9 Å². The molecule has 96 valence electrons. The molecule has 1 unspecified atom stereocenters. The number of fused-ring (bicyclic) bond motifs is 1. The van der Waals surface area contributed by atoms with Gasteiger partial charge in [0.1, 0.15) is 0 Å². The molecule has 18 heavy (non-hydrogen) atoms. The molecule has 1 aromatic carbocycles. The maximum Gasteiger partial charge on any atom is 0.0746 e. The molecule has 3 heteroatoms. The zero-order valence-electron chi connectivity index (χ0n) is 10.7. The monoisotopic (exact) mass is 262 g/mol. The summed E-state index contributed by atoms with van der Waals surface area (Å²) in [5.74, 6) is 1.35. The molecule has 1 N–H and O–H groups in total. The lowest BCUT2D eigenvalue weighted by Gasteiger charge is -2.11. The Hall–Kier alpha value is -1.12. The second kappa shape index (κ2) is 6.72. The summed E-state index contributed by atoms with van der Waals surface area (Å²) < 4.78 is 0. The lowest BCUT2D eigenvalue weighted by Crippen LogP contribution is -2.21. The third kappa shape index (κ3) is 3.44. The first-order valence-corrected chi connectivity index (χ1v) is 6.94. The highest BCUT2D eigenvalue weighted by Gasteiger charge is 2.03. The molecule has 0 bridgehead atoms. The van der Waals surface area contributed by atoms with Gasteiger partial charge in [0.15, 0.2) is 0 Å². The van der Waals surface area contributed by atoms with Gasteiger partial charge >= 0.3 is 0 Å². The Bertz CT molecular complexity index is 493. The lowest BCUT2D eigenvalue weighted by molar-refractivity contribution is 0.502. The topological polar surface area (TPSA) is 24.9 Å². The Morgan fingerprint density at radius 2 is 2.11 bits per heavy atom. The Kier molecular flexibility index (Phi) is 4.97. The van der Waals surface area contributed by atoms with Gasteiger partial charge in [-0.1, -0.05) is 31.2 Å². The molecule has 0 saturated heterocycles. The lowest BCUT2D eigenvalue weighted by atomic mass is 10.1. The van der Waals surface area contributed by atoms with E-state index >= 15 is 0 Å². The van der Waals surface area contributed by atoms with Gasteiger partial charge in [-0.05, 0) is 30.5 Å². The number of rotatable bonds is 6. The summed E-state index contributed by atoms with van der Waals surface area (Å²) in [7, 11) is 0. The predicted octanol–water partition coefficient (Wildman–Crippen LogP) is 3.59. The first-order chi connectivity index (χ1) is 8.81. The van der Waals surface area contributed by atoms with Crippen molar-refractivity contribution in [2.24, 2.45) is 5.92 Å². The summed E-state index contributed by atoms with van der Waals surface area (Å²) in [5, 5.41) is 4.68. The first-order valence-electron chi connectivity index (χ1n) is 6.40. The molecule has 1 aromatic heterocycles. The van der Waals surface area contributed by atoms with E-state index in [2.05, 4.69) is 41.5 Å². The minimum Gasteiger partial charge on any atom is -0.312 e.